The Balaban J connectivity index is 2.53. The predicted molar refractivity (Wildman–Crippen MR) is 72.5 cm³/mol. The van der Waals surface area contributed by atoms with Crippen molar-refractivity contribution >= 4 is 12.0 Å². The van der Waals surface area contributed by atoms with Crippen molar-refractivity contribution in [3.05, 3.63) is 12.7 Å². The molecule has 1 aliphatic heterocycles. The first kappa shape index (κ1) is 15.5. The SMILES string of the molecule is C=CCC(NC(=O)NN1C(C)CCCC1C)C(=O)O. The van der Waals surface area contributed by atoms with E-state index in [1.807, 2.05) is 18.9 Å². The summed E-state index contributed by atoms with van der Waals surface area (Å²) >= 11 is 0. The molecule has 3 unspecified atom stereocenters. The van der Waals surface area contributed by atoms with Crippen molar-refractivity contribution in [3.8, 4) is 0 Å². The summed E-state index contributed by atoms with van der Waals surface area (Å²) in [5.74, 6) is -1.06. The Morgan fingerprint density at radius 1 is 1.42 bits per heavy atom. The van der Waals surface area contributed by atoms with E-state index in [1.165, 1.54) is 6.08 Å². The molecule has 0 aromatic heterocycles. The number of hydrazine groups is 1. The minimum Gasteiger partial charge on any atom is -0.480 e. The van der Waals surface area contributed by atoms with Gasteiger partial charge in [0.2, 0.25) is 0 Å². The summed E-state index contributed by atoms with van der Waals surface area (Å²) in [7, 11) is 0. The number of amides is 2. The second-order valence-corrected chi connectivity index (χ2v) is 5.04. The van der Waals surface area contributed by atoms with Gasteiger partial charge in [-0.25, -0.2) is 14.6 Å². The lowest BCUT2D eigenvalue weighted by molar-refractivity contribution is -0.139. The molecular formula is C13H23N3O3. The molecule has 6 heteroatoms. The highest BCUT2D eigenvalue weighted by molar-refractivity contribution is 5.82. The molecule has 0 aliphatic carbocycles. The number of urea groups is 1. The number of carboxylic acid groups (broad SMARTS) is 1. The number of rotatable bonds is 5. The van der Waals surface area contributed by atoms with Gasteiger partial charge in [0.1, 0.15) is 6.04 Å². The maximum absolute atomic E-state index is 11.8. The zero-order valence-corrected chi connectivity index (χ0v) is 11.6. The van der Waals surface area contributed by atoms with Crippen molar-refractivity contribution in [2.45, 2.75) is 57.7 Å². The van der Waals surface area contributed by atoms with Crippen molar-refractivity contribution < 1.29 is 14.7 Å². The number of hydrogen-bond acceptors (Lipinski definition) is 3. The largest absolute Gasteiger partial charge is 0.480 e. The van der Waals surface area contributed by atoms with E-state index < -0.39 is 18.0 Å². The average Bonchev–Trinajstić information content (AvgIpc) is 2.33. The topological polar surface area (TPSA) is 81.7 Å². The summed E-state index contributed by atoms with van der Waals surface area (Å²) in [6, 6.07) is -0.892. The molecule has 0 saturated carbocycles. The lowest BCUT2D eigenvalue weighted by Crippen LogP contribution is -2.58. The van der Waals surface area contributed by atoms with Crippen LogP contribution in [0.4, 0.5) is 4.79 Å². The normalized spacial score (nSPS) is 25.4. The second-order valence-electron chi connectivity index (χ2n) is 5.04. The summed E-state index contributed by atoms with van der Waals surface area (Å²) in [4.78, 5) is 22.8. The monoisotopic (exact) mass is 269 g/mol. The lowest BCUT2D eigenvalue weighted by Gasteiger charge is -2.38. The minimum absolute atomic E-state index is 0.202. The van der Waals surface area contributed by atoms with Crippen molar-refractivity contribution in [1.29, 1.82) is 0 Å². The first-order chi connectivity index (χ1) is 8.95. The standard InChI is InChI=1S/C13H23N3O3/c1-4-6-11(12(17)18)14-13(19)15-16-9(2)7-5-8-10(16)3/h4,9-11H,1,5-8H2,2-3H3,(H,17,18)(H2,14,15,19). The fourth-order valence-electron chi connectivity index (χ4n) is 2.34. The third-order valence-electron chi connectivity index (χ3n) is 3.43. The van der Waals surface area contributed by atoms with E-state index in [1.54, 1.807) is 0 Å². The molecule has 0 aromatic carbocycles. The van der Waals surface area contributed by atoms with Crippen molar-refractivity contribution in [1.82, 2.24) is 15.8 Å². The zero-order chi connectivity index (χ0) is 14.4. The van der Waals surface area contributed by atoms with Crippen LogP contribution < -0.4 is 10.7 Å². The van der Waals surface area contributed by atoms with Gasteiger partial charge in [-0.3, -0.25) is 5.43 Å². The third-order valence-corrected chi connectivity index (χ3v) is 3.43. The maximum atomic E-state index is 11.8. The van der Waals surface area contributed by atoms with Crippen LogP contribution in [0.25, 0.3) is 0 Å². The van der Waals surface area contributed by atoms with Crippen LogP contribution in [0.5, 0.6) is 0 Å². The van der Waals surface area contributed by atoms with Crippen LogP contribution in [0.15, 0.2) is 12.7 Å². The van der Waals surface area contributed by atoms with Crippen LogP contribution in [-0.2, 0) is 4.79 Å². The Bertz CT molecular complexity index is 336. The quantitative estimate of drug-likeness (QED) is 0.660. The highest BCUT2D eigenvalue weighted by atomic mass is 16.4. The molecule has 0 aromatic rings. The van der Waals surface area contributed by atoms with Gasteiger partial charge in [0.15, 0.2) is 0 Å². The molecule has 3 atom stereocenters. The number of piperidine rings is 1. The van der Waals surface area contributed by atoms with Gasteiger partial charge in [0.25, 0.3) is 0 Å². The summed E-state index contributed by atoms with van der Waals surface area (Å²) in [5.41, 5.74) is 2.75. The van der Waals surface area contributed by atoms with E-state index in [-0.39, 0.29) is 18.5 Å². The van der Waals surface area contributed by atoms with Crippen molar-refractivity contribution in [2.75, 3.05) is 0 Å². The summed E-state index contributed by atoms with van der Waals surface area (Å²) in [6.45, 7) is 7.58. The van der Waals surface area contributed by atoms with Crippen LogP contribution in [0.2, 0.25) is 0 Å². The summed E-state index contributed by atoms with van der Waals surface area (Å²) < 4.78 is 0. The van der Waals surface area contributed by atoms with Gasteiger partial charge in [-0.1, -0.05) is 12.5 Å². The maximum Gasteiger partial charge on any atom is 0.330 e. The molecule has 3 N–H and O–H groups in total. The average molecular weight is 269 g/mol. The van der Waals surface area contributed by atoms with Crippen molar-refractivity contribution in [3.63, 3.8) is 0 Å². The molecule has 1 aliphatic rings. The number of carbonyl (C=O) groups is 2. The number of nitrogens with zero attached hydrogens (tertiary/aromatic N) is 1. The Hall–Kier alpha value is -1.56. The molecule has 19 heavy (non-hydrogen) atoms. The van der Waals surface area contributed by atoms with Gasteiger partial charge in [0.05, 0.1) is 0 Å². The Labute approximate surface area is 113 Å². The molecule has 0 radical (unpaired) electrons. The molecule has 1 saturated heterocycles. The fraction of sp³-hybridized carbons (Fsp3) is 0.692. The van der Waals surface area contributed by atoms with E-state index in [9.17, 15) is 9.59 Å². The highest BCUT2D eigenvalue weighted by Crippen LogP contribution is 2.19. The lowest BCUT2D eigenvalue weighted by atomic mass is 10.00. The molecular weight excluding hydrogens is 246 g/mol. The molecule has 108 valence electrons. The van der Waals surface area contributed by atoms with Gasteiger partial charge < -0.3 is 10.4 Å². The Kier molecular flexibility index (Phi) is 5.82. The van der Waals surface area contributed by atoms with Crippen LogP contribution in [-0.4, -0.2) is 40.2 Å². The number of carboxylic acids is 1. The van der Waals surface area contributed by atoms with E-state index in [0.717, 1.165) is 19.3 Å². The molecule has 1 fully saturated rings. The van der Waals surface area contributed by atoms with Crippen molar-refractivity contribution in [2.24, 2.45) is 0 Å². The number of carbonyl (C=O) groups excluding carboxylic acids is 1. The Morgan fingerprint density at radius 3 is 2.47 bits per heavy atom. The fourth-order valence-corrected chi connectivity index (χ4v) is 2.34. The van der Waals surface area contributed by atoms with Gasteiger partial charge in [-0.05, 0) is 33.1 Å². The molecule has 2 amide bonds. The van der Waals surface area contributed by atoms with E-state index >= 15 is 0 Å². The van der Waals surface area contributed by atoms with Gasteiger partial charge in [0, 0.05) is 12.1 Å². The van der Waals surface area contributed by atoms with E-state index in [4.69, 9.17) is 5.11 Å². The van der Waals surface area contributed by atoms with Crippen LogP contribution in [0.1, 0.15) is 39.5 Å². The first-order valence-corrected chi connectivity index (χ1v) is 6.65. The van der Waals surface area contributed by atoms with E-state index in [2.05, 4.69) is 17.3 Å². The highest BCUT2D eigenvalue weighted by Gasteiger charge is 2.27. The van der Waals surface area contributed by atoms with Gasteiger partial charge >= 0.3 is 12.0 Å². The number of aliphatic carboxylic acids is 1. The molecule has 0 bridgehead atoms. The third kappa shape index (κ3) is 4.55. The number of nitrogens with one attached hydrogen (secondary N) is 2. The number of hydrogen-bond donors (Lipinski definition) is 3. The molecule has 1 heterocycles. The summed E-state index contributed by atoms with van der Waals surface area (Å²) in [6.07, 6.45) is 4.88. The van der Waals surface area contributed by atoms with Crippen LogP contribution in [0, 0.1) is 0 Å². The van der Waals surface area contributed by atoms with Crippen LogP contribution >= 0.6 is 0 Å². The second kappa shape index (κ2) is 7.13. The van der Waals surface area contributed by atoms with Gasteiger partial charge in [-0.15, -0.1) is 6.58 Å². The summed E-state index contributed by atoms with van der Waals surface area (Å²) in [5, 5.41) is 13.3. The van der Waals surface area contributed by atoms with Gasteiger partial charge in [-0.2, -0.15) is 0 Å². The Morgan fingerprint density at radius 2 is 2.00 bits per heavy atom. The smallest absolute Gasteiger partial charge is 0.330 e. The van der Waals surface area contributed by atoms with E-state index in [0.29, 0.717) is 0 Å². The molecule has 0 spiro atoms. The minimum atomic E-state index is -1.06. The molecule has 1 rings (SSSR count). The molecule has 6 nitrogen and oxygen atoms in total. The predicted octanol–water partition coefficient (Wildman–Crippen LogP) is 1.49. The first-order valence-electron chi connectivity index (χ1n) is 6.65. The zero-order valence-electron chi connectivity index (χ0n) is 11.6. The van der Waals surface area contributed by atoms with Crippen LogP contribution in [0.3, 0.4) is 0 Å².